The molecule has 1 heteroatoms. The summed E-state index contributed by atoms with van der Waals surface area (Å²) in [5.74, 6) is 0.641. The Hall–Kier alpha value is -0.715. The van der Waals surface area contributed by atoms with Gasteiger partial charge in [-0.25, -0.2) is 0 Å². The van der Waals surface area contributed by atoms with Crippen LogP contribution in [0.15, 0.2) is 30.3 Å². The van der Waals surface area contributed by atoms with E-state index in [4.69, 9.17) is 0 Å². The highest BCUT2D eigenvalue weighted by Crippen LogP contribution is 1.96. The maximum atomic E-state index is 2.25. The molecule has 1 aromatic rings. The second-order valence-corrected chi connectivity index (χ2v) is 2.82. The molecule has 10 heavy (non-hydrogen) atoms. The molecule has 0 N–H and O–H groups in total. The Bertz CT molecular complexity index is 179. The van der Waals surface area contributed by atoms with E-state index < -0.39 is 0 Å². The highest BCUT2D eigenvalue weighted by Gasteiger charge is 1.96. The van der Waals surface area contributed by atoms with Gasteiger partial charge >= 0.3 is 0 Å². The van der Waals surface area contributed by atoms with Crippen molar-refractivity contribution in [2.45, 2.75) is 19.7 Å². The Morgan fingerprint density at radius 1 is 1.10 bits per heavy atom. The molecule has 0 unspecified atom stereocenters. The van der Waals surface area contributed by atoms with Gasteiger partial charge in [0.15, 0.2) is 7.28 Å². The van der Waals surface area contributed by atoms with Crippen LogP contribution in [0.1, 0.15) is 13.8 Å². The molecule has 0 nitrogen and oxygen atoms in total. The zero-order chi connectivity index (χ0) is 7.40. The Morgan fingerprint density at radius 2 is 1.70 bits per heavy atom. The van der Waals surface area contributed by atoms with E-state index >= 15 is 0 Å². The van der Waals surface area contributed by atoms with E-state index in [1.54, 1.807) is 0 Å². The Labute approximate surface area is 63.5 Å². The molecule has 1 radical (unpaired) electrons. The SMILES string of the molecule is CC(C)[B]c1ccccc1. The number of hydrogen-bond acceptors (Lipinski definition) is 0. The summed E-state index contributed by atoms with van der Waals surface area (Å²) in [5.41, 5.74) is 1.32. The van der Waals surface area contributed by atoms with Gasteiger partial charge in [-0.2, -0.15) is 0 Å². The van der Waals surface area contributed by atoms with Gasteiger partial charge in [0.1, 0.15) is 0 Å². The highest BCUT2D eigenvalue weighted by molar-refractivity contribution is 6.54. The maximum absolute atomic E-state index is 2.25. The Morgan fingerprint density at radius 3 is 2.20 bits per heavy atom. The number of hydrogen-bond donors (Lipinski definition) is 0. The summed E-state index contributed by atoms with van der Waals surface area (Å²) < 4.78 is 0. The minimum Gasteiger partial charge on any atom is -0.0875 e. The standard InChI is InChI=1S/C9H12B/c1-8(2)10-9-6-4-3-5-7-9/h3-8H,1-2H3. The number of benzene rings is 1. The molecule has 0 saturated carbocycles. The molecule has 0 aliphatic rings. The average molecular weight is 131 g/mol. The molecular weight excluding hydrogens is 119 g/mol. The van der Waals surface area contributed by atoms with Crippen LogP contribution in [-0.2, 0) is 0 Å². The third kappa shape index (κ3) is 2.26. The van der Waals surface area contributed by atoms with Gasteiger partial charge in [-0.15, -0.1) is 0 Å². The van der Waals surface area contributed by atoms with E-state index in [2.05, 4.69) is 45.4 Å². The van der Waals surface area contributed by atoms with E-state index in [9.17, 15) is 0 Å². The van der Waals surface area contributed by atoms with Gasteiger partial charge in [-0.1, -0.05) is 55.5 Å². The van der Waals surface area contributed by atoms with E-state index in [0.717, 1.165) is 0 Å². The summed E-state index contributed by atoms with van der Waals surface area (Å²) in [5, 5.41) is 0. The molecular formula is C9H12B. The van der Waals surface area contributed by atoms with Gasteiger partial charge in [0.2, 0.25) is 0 Å². The zero-order valence-electron chi connectivity index (χ0n) is 6.54. The second-order valence-electron chi connectivity index (χ2n) is 2.82. The molecule has 51 valence electrons. The normalized spacial score (nSPS) is 9.90. The topological polar surface area (TPSA) is 0 Å². The Kier molecular flexibility index (Phi) is 2.55. The first kappa shape index (κ1) is 7.39. The molecule has 0 spiro atoms. The van der Waals surface area contributed by atoms with Crippen LogP contribution in [-0.4, -0.2) is 7.28 Å². The molecule has 0 bridgehead atoms. The largest absolute Gasteiger partial charge is 0.154 e. The van der Waals surface area contributed by atoms with Crippen molar-refractivity contribution in [2.75, 3.05) is 0 Å². The van der Waals surface area contributed by atoms with Crippen molar-refractivity contribution in [2.24, 2.45) is 0 Å². The van der Waals surface area contributed by atoms with Crippen molar-refractivity contribution in [1.82, 2.24) is 0 Å². The van der Waals surface area contributed by atoms with Gasteiger partial charge in [0.05, 0.1) is 0 Å². The summed E-state index contributed by atoms with van der Waals surface area (Å²) in [6.07, 6.45) is 0. The lowest BCUT2D eigenvalue weighted by Crippen LogP contribution is -2.15. The van der Waals surface area contributed by atoms with Gasteiger partial charge in [-0.05, 0) is 0 Å². The fourth-order valence-corrected chi connectivity index (χ4v) is 0.949. The van der Waals surface area contributed by atoms with Crippen LogP contribution >= 0.6 is 0 Å². The predicted octanol–water partition coefficient (Wildman–Crippen LogP) is 1.84. The van der Waals surface area contributed by atoms with Gasteiger partial charge < -0.3 is 0 Å². The van der Waals surface area contributed by atoms with Crippen LogP contribution in [0.25, 0.3) is 0 Å². The first-order valence-electron chi connectivity index (χ1n) is 3.69. The van der Waals surface area contributed by atoms with Gasteiger partial charge in [-0.3, -0.25) is 0 Å². The second kappa shape index (κ2) is 3.45. The molecule has 1 aromatic carbocycles. The molecule has 0 fully saturated rings. The first-order chi connectivity index (χ1) is 4.79. The highest BCUT2D eigenvalue weighted by atomic mass is 13.8. The van der Waals surface area contributed by atoms with Crippen molar-refractivity contribution in [3.63, 3.8) is 0 Å². The van der Waals surface area contributed by atoms with Crippen molar-refractivity contribution < 1.29 is 0 Å². The molecule has 0 aliphatic heterocycles. The van der Waals surface area contributed by atoms with Crippen LogP contribution in [0, 0.1) is 0 Å². The minimum atomic E-state index is 0.641. The molecule has 0 aliphatic carbocycles. The van der Waals surface area contributed by atoms with Crippen LogP contribution in [0.5, 0.6) is 0 Å². The first-order valence-corrected chi connectivity index (χ1v) is 3.69. The molecule has 0 amide bonds. The van der Waals surface area contributed by atoms with E-state index in [1.807, 2.05) is 6.07 Å². The molecule has 0 atom stereocenters. The summed E-state index contributed by atoms with van der Waals surface area (Å²) >= 11 is 0. The van der Waals surface area contributed by atoms with Crippen molar-refractivity contribution in [3.05, 3.63) is 30.3 Å². The smallest absolute Gasteiger partial charge is 0.0875 e. The van der Waals surface area contributed by atoms with Crippen molar-refractivity contribution in [1.29, 1.82) is 0 Å². The quantitative estimate of drug-likeness (QED) is 0.537. The lowest BCUT2D eigenvalue weighted by molar-refractivity contribution is 1.07. The third-order valence-electron chi connectivity index (χ3n) is 1.33. The minimum absolute atomic E-state index is 0.641. The van der Waals surface area contributed by atoms with Crippen LogP contribution in [0.4, 0.5) is 0 Å². The van der Waals surface area contributed by atoms with Gasteiger partial charge in [0.25, 0.3) is 0 Å². The molecule has 0 aromatic heterocycles. The van der Waals surface area contributed by atoms with Crippen molar-refractivity contribution in [3.8, 4) is 0 Å². The maximum Gasteiger partial charge on any atom is 0.154 e. The van der Waals surface area contributed by atoms with E-state index in [-0.39, 0.29) is 0 Å². The number of rotatable bonds is 2. The van der Waals surface area contributed by atoms with E-state index in [0.29, 0.717) is 5.82 Å². The fourth-order valence-electron chi connectivity index (χ4n) is 0.949. The van der Waals surface area contributed by atoms with Crippen molar-refractivity contribution >= 4 is 12.7 Å². The average Bonchev–Trinajstić information content (AvgIpc) is 1.88. The summed E-state index contributed by atoms with van der Waals surface area (Å²) in [4.78, 5) is 0. The fraction of sp³-hybridized carbons (Fsp3) is 0.333. The zero-order valence-corrected chi connectivity index (χ0v) is 6.54. The monoisotopic (exact) mass is 131 g/mol. The van der Waals surface area contributed by atoms with Crippen LogP contribution in [0.2, 0.25) is 5.82 Å². The van der Waals surface area contributed by atoms with Crippen LogP contribution in [0.3, 0.4) is 0 Å². The van der Waals surface area contributed by atoms with E-state index in [1.165, 1.54) is 5.46 Å². The summed E-state index contributed by atoms with van der Waals surface area (Å²) in [6, 6.07) is 10.4. The predicted molar refractivity (Wildman–Crippen MR) is 46.9 cm³/mol. The third-order valence-corrected chi connectivity index (χ3v) is 1.33. The Balaban J connectivity index is 2.59. The molecule has 0 heterocycles. The van der Waals surface area contributed by atoms with Gasteiger partial charge in [0, 0.05) is 0 Å². The lowest BCUT2D eigenvalue weighted by atomic mass is 9.61. The summed E-state index contributed by atoms with van der Waals surface area (Å²) in [7, 11) is 2.25. The summed E-state index contributed by atoms with van der Waals surface area (Å²) in [6.45, 7) is 4.38. The lowest BCUT2D eigenvalue weighted by Gasteiger charge is -2.00. The van der Waals surface area contributed by atoms with Crippen LogP contribution < -0.4 is 5.46 Å². The molecule has 0 saturated heterocycles. The molecule has 1 rings (SSSR count).